The van der Waals surface area contributed by atoms with E-state index in [1.54, 1.807) is 7.05 Å². The Morgan fingerprint density at radius 2 is 1.70 bits per heavy atom. The molecule has 0 bridgehead atoms. The third kappa shape index (κ3) is 8.66. The van der Waals surface area contributed by atoms with E-state index in [-0.39, 0.29) is 29.4 Å². The summed E-state index contributed by atoms with van der Waals surface area (Å²) in [7, 11) is -1.36. The molecule has 0 aromatic heterocycles. The Hall–Kier alpha value is -0.460. The highest BCUT2D eigenvalue weighted by atomic mass is 32.2. The van der Waals surface area contributed by atoms with Gasteiger partial charge in [0.1, 0.15) is 0 Å². The van der Waals surface area contributed by atoms with Crippen LogP contribution in [0.25, 0.3) is 0 Å². The number of hydrogen-bond acceptors (Lipinski definition) is 4. The zero-order chi connectivity index (χ0) is 15.8. The first-order chi connectivity index (χ1) is 9.19. The molecule has 0 aromatic carbocycles. The summed E-state index contributed by atoms with van der Waals surface area (Å²) < 4.78 is 25.8. The first-order valence-electron chi connectivity index (χ1n) is 7.38. The Bertz CT molecular complexity index is 378. The van der Waals surface area contributed by atoms with E-state index in [9.17, 15) is 13.2 Å². The lowest BCUT2D eigenvalue weighted by molar-refractivity contribution is -0.124. The van der Waals surface area contributed by atoms with Gasteiger partial charge in [-0.05, 0) is 25.8 Å². The molecule has 0 spiro atoms. The maximum Gasteiger partial charge on any atom is 0.211 e. The largest absolute Gasteiger partial charge is 0.311 e. The van der Waals surface area contributed by atoms with Gasteiger partial charge in [-0.3, -0.25) is 4.79 Å². The zero-order valence-corrected chi connectivity index (χ0v) is 14.2. The lowest BCUT2D eigenvalue weighted by Crippen LogP contribution is -2.37. The molecular formula is C14H30N2O3S. The maximum atomic E-state index is 11.8. The van der Waals surface area contributed by atoms with E-state index < -0.39 is 10.0 Å². The summed E-state index contributed by atoms with van der Waals surface area (Å²) in [6.45, 7) is 8.00. The van der Waals surface area contributed by atoms with E-state index in [1.165, 1.54) is 0 Å². The van der Waals surface area contributed by atoms with Crippen LogP contribution in [0.15, 0.2) is 0 Å². The summed E-state index contributed by atoms with van der Waals surface area (Å²) >= 11 is 0. The normalized spacial score (nSPS) is 13.9. The minimum atomic E-state index is -3.15. The van der Waals surface area contributed by atoms with Crippen molar-refractivity contribution in [2.24, 2.45) is 11.8 Å². The van der Waals surface area contributed by atoms with Crippen LogP contribution in [0.3, 0.4) is 0 Å². The van der Waals surface area contributed by atoms with Crippen LogP contribution in [0.4, 0.5) is 0 Å². The van der Waals surface area contributed by atoms with Gasteiger partial charge in [-0.2, -0.15) is 0 Å². The molecule has 5 nitrogen and oxygen atoms in total. The minimum Gasteiger partial charge on any atom is -0.311 e. The molecule has 1 atom stereocenters. The highest BCUT2D eigenvalue weighted by molar-refractivity contribution is 7.89. The third-order valence-electron chi connectivity index (χ3n) is 3.06. The van der Waals surface area contributed by atoms with Crippen molar-refractivity contribution in [3.05, 3.63) is 0 Å². The molecule has 20 heavy (non-hydrogen) atoms. The molecule has 0 aliphatic heterocycles. The highest BCUT2D eigenvalue weighted by Crippen LogP contribution is 2.07. The molecule has 0 rings (SSSR count). The fourth-order valence-corrected chi connectivity index (χ4v) is 3.48. The molecule has 0 radical (unpaired) electrons. The Balaban J connectivity index is 3.94. The first kappa shape index (κ1) is 19.5. The molecule has 0 heterocycles. The van der Waals surface area contributed by atoms with Gasteiger partial charge in [0.05, 0.1) is 11.8 Å². The van der Waals surface area contributed by atoms with Gasteiger partial charge in [-0.1, -0.05) is 34.1 Å². The average Bonchev–Trinajstić information content (AvgIpc) is 2.31. The van der Waals surface area contributed by atoms with Crippen LogP contribution in [-0.2, 0) is 14.8 Å². The first-order valence-corrected chi connectivity index (χ1v) is 9.03. The fraction of sp³-hybridized carbons (Fsp3) is 0.929. The van der Waals surface area contributed by atoms with Gasteiger partial charge < -0.3 is 5.32 Å². The van der Waals surface area contributed by atoms with Crippen LogP contribution >= 0.6 is 0 Å². The molecule has 0 fully saturated rings. The van der Waals surface area contributed by atoms with Crippen molar-refractivity contribution in [1.82, 2.24) is 10.0 Å². The molecule has 2 N–H and O–H groups in total. The number of rotatable bonds is 11. The Labute approximate surface area is 124 Å². The maximum absolute atomic E-state index is 11.8. The van der Waals surface area contributed by atoms with Gasteiger partial charge >= 0.3 is 0 Å². The number of carbonyl (C=O) groups excluding carboxylic acids is 1. The van der Waals surface area contributed by atoms with Gasteiger partial charge in [0.15, 0.2) is 5.78 Å². The number of unbranched alkanes of at least 4 members (excludes halogenated alkanes) is 1. The summed E-state index contributed by atoms with van der Waals surface area (Å²) in [5, 5.41) is 3.03. The molecule has 0 saturated carbocycles. The van der Waals surface area contributed by atoms with Gasteiger partial charge in [-0.15, -0.1) is 0 Å². The standard InChI is InChI=1S/C14H30N2O3S/c1-11(2)10-20(18,19)16-9-7-6-8-13(15-5)14(17)12(3)4/h11-13,15-16H,6-10H2,1-5H3. The second-order valence-electron chi connectivity index (χ2n) is 5.96. The van der Waals surface area contributed by atoms with Crippen molar-refractivity contribution in [3.63, 3.8) is 0 Å². The van der Waals surface area contributed by atoms with Crippen LogP contribution in [0.1, 0.15) is 47.0 Å². The van der Waals surface area contributed by atoms with E-state index in [2.05, 4.69) is 10.0 Å². The molecule has 120 valence electrons. The van der Waals surface area contributed by atoms with Crippen molar-refractivity contribution >= 4 is 15.8 Å². The van der Waals surface area contributed by atoms with E-state index in [0.717, 1.165) is 19.3 Å². The lowest BCUT2D eigenvalue weighted by atomic mass is 9.97. The minimum absolute atomic E-state index is 0.0250. The average molecular weight is 306 g/mol. The number of carbonyl (C=O) groups is 1. The second-order valence-corrected chi connectivity index (χ2v) is 7.82. The number of ketones is 1. The summed E-state index contributed by atoms with van der Waals surface area (Å²) in [5.74, 6) is 0.535. The smallest absolute Gasteiger partial charge is 0.211 e. The second kappa shape index (κ2) is 9.47. The molecule has 0 amide bonds. The van der Waals surface area contributed by atoms with Crippen molar-refractivity contribution in [2.75, 3.05) is 19.3 Å². The van der Waals surface area contributed by atoms with Crippen LogP contribution in [-0.4, -0.2) is 39.6 Å². The number of Topliss-reactive ketones (excluding diaryl/α,β-unsaturated/α-hetero) is 1. The van der Waals surface area contributed by atoms with Crippen molar-refractivity contribution < 1.29 is 13.2 Å². The van der Waals surface area contributed by atoms with Crippen LogP contribution in [0.2, 0.25) is 0 Å². The quantitative estimate of drug-likeness (QED) is 0.568. The summed E-state index contributed by atoms with van der Waals surface area (Å²) in [6.07, 6.45) is 2.33. The Morgan fingerprint density at radius 3 is 2.15 bits per heavy atom. The molecule has 0 aliphatic carbocycles. The van der Waals surface area contributed by atoms with Crippen LogP contribution < -0.4 is 10.0 Å². The topological polar surface area (TPSA) is 75.3 Å². The Kier molecular flexibility index (Phi) is 9.25. The van der Waals surface area contributed by atoms with Crippen LogP contribution in [0, 0.1) is 11.8 Å². The molecule has 6 heteroatoms. The lowest BCUT2D eigenvalue weighted by Gasteiger charge is -2.17. The van der Waals surface area contributed by atoms with Crippen LogP contribution in [0.5, 0.6) is 0 Å². The van der Waals surface area contributed by atoms with Gasteiger partial charge in [-0.25, -0.2) is 13.1 Å². The van der Waals surface area contributed by atoms with E-state index in [1.807, 2.05) is 27.7 Å². The van der Waals surface area contributed by atoms with E-state index in [4.69, 9.17) is 0 Å². The van der Waals surface area contributed by atoms with Gasteiger partial charge in [0.2, 0.25) is 10.0 Å². The predicted octanol–water partition coefficient (Wildman–Crippen LogP) is 1.55. The van der Waals surface area contributed by atoms with Gasteiger partial charge in [0, 0.05) is 12.5 Å². The van der Waals surface area contributed by atoms with E-state index >= 15 is 0 Å². The van der Waals surface area contributed by atoms with Crippen molar-refractivity contribution in [3.8, 4) is 0 Å². The monoisotopic (exact) mass is 306 g/mol. The zero-order valence-electron chi connectivity index (χ0n) is 13.4. The number of hydrogen-bond donors (Lipinski definition) is 2. The molecule has 1 unspecified atom stereocenters. The molecule has 0 aliphatic rings. The number of nitrogens with one attached hydrogen (secondary N) is 2. The van der Waals surface area contributed by atoms with Crippen molar-refractivity contribution in [2.45, 2.75) is 53.0 Å². The predicted molar refractivity (Wildman–Crippen MR) is 83.2 cm³/mol. The van der Waals surface area contributed by atoms with Crippen molar-refractivity contribution in [1.29, 1.82) is 0 Å². The molecule has 0 aromatic rings. The van der Waals surface area contributed by atoms with E-state index in [0.29, 0.717) is 6.54 Å². The Morgan fingerprint density at radius 1 is 1.10 bits per heavy atom. The number of likely N-dealkylation sites (N-methyl/N-ethyl adjacent to an activating group) is 1. The summed E-state index contributed by atoms with van der Waals surface area (Å²) in [6, 6.07) is -0.123. The van der Waals surface area contributed by atoms with Gasteiger partial charge in [0.25, 0.3) is 0 Å². The highest BCUT2D eigenvalue weighted by Gasteiger charge is 2.18. The summed E-state index contributed by atoms with van der Waals surface area (Å²) in [5.41, 5.74) is 0. The molecule has 0 saturated heterocycles. The number of sulfonamides is 1. The SMILES string of the molecule is CNC(CCCCNS(=O)(=O)CC(C)C)C(=O)C(C)C. The molecular weight excluding hydrogens is 276 g/mol. The third-order valence-corrected chi connectivity index (χ3v) is 4.80. The fourth-order valence-electron chi connectivity index (χ4n) is 2.03. The summed E-state index contributed by atoms with van der Waals surface area (Å²) in [4.78, 5) is 11.8.